The molecule has 0 aromatic carbocycles. The molecule has 66 heavy (non-hydrogen) atoms. The average Bonchev–Trinajstić information content (AvgIpc) is 3.24. The first-order valence-corrected chi connectivity index (χ1v) is 25.5. The zero-order valence-corrected chi connectivity index (χ0v) is 41.7. The van der Waals surface area contributed by atoms with Crippen LogP contribution in [0.25, 0.3) is 0 Å². The maximum absolute atomic E-state index is 14.2. The van der Waals surface area contributed by atoms with E-state index in [-0.39, 0.29) is 49.9 Å². The number of nitrogens with two attached hydrogens (primary N) is 2. The number of rotatable bonds is 10. The minimum atomic E-state index is -1.03. The molecule has 0 radical (unpaired) electrons. The van der Waals surface area contributed by atoms with Gasteiger partial charge < -0.3 is 67.3 Å². The van der Waals surface area contributed by atoms with Crippen molar-refractivity contribution in [2.45, 2.75) is 256 Å². The Hall–Kier alpha value is -2.18. The topological polar surface area (TPSA) is 293 Å². The maximum Gasteiger partial charge on any atom is 0.311 e. The maximum atomic E-state index is 14.2. The van der Waals surface area contributed by atoms with Crippen LogP contribution in [0.15, 0.2) is 28.3 Å². The van der Waals surface area contributed by atoms with Crippen molar-refractivity contribution in [3.63, 3.8) is 0 Å². The number of aliphatic hydroxyl groups excluding tert-OH is 10. The molecule has 1 aliphatic rings. The largest absolute Gasteiger partial charge is 0.461 e. The quantitative estimate of drug-likeness (QED) is 0.0441. The molecule has 0 aromatic rings. The van der Waals surface area contributed by atoms with Gasteiger partial charge in [0.1, 0.15) is 6.10 Å². The SMILES string of the molecule is CCCCC[C@@H]1C(=O)O[C@@H]([C@H](C)[C@H](O)CCCN=C(N)N)[C@@H](C)C=C(C)CCCC[C@H](O)C[C@H](O)C[C@H](O)C[C@H](O)C[C@@H](O)CC=C(C)[C@@H](O)CCC[C@H](O)CCC[C@H](O)CC[C@@H](C)[C@@H]1O. The number of cyclic esters (lactones) is 1. The lowest BCUT2D eigenvalue weighted by Gasteiger charge is -2.34. The molecule has 1 rings (SSSR count). The van der Waals surface area contributed by atoms with Gasteiger partial charge in [-0.1, -0.05) is 71.1 Å². The molecular weight excluding hydrogens is 847 g/mol. The molecule has 15 heteroatoms. The highest BCUT2D eigenvalue weighted by atomic mass is 16.5. The Labute approximate surface area is 397 Å². The molecule has 14 N–H and O–H groups in total. The summed E-state index contributed by atoms with van der Waals surface area (Å²) < 4.78 is 6.36. The normalized spacial score (nSPS) is 33.9. The molecular formula is C51H97N3O12. The fraction of sp³-hybridized carbons (Fsp3) is 0.882. The van der Waals surface area contributed by atoms with E-state index in [2.05, 4.69) is 18.0 Å². The Morgan fingerprint density at radius 3 is 1.89 bits per heavy atom. The third-order valence-electron chi connectivity index (χ3n) is 13.6. The Morgan fingerprint density at radius 1 is 0.727 bits per heavy atom. The number of hydrogen-bond donors (Lipinski definition) is 12. The average molecular weight is 944 g/mol. The van der Waals surface area contributed by atoms with Crippen molar-refractivity contribution in [1.29, 1.82) is 0 Å². The van der Waals surface area contributed by atoms with E-state index in [1.807, 2.05) is 27.7 Å². The summed E-state index contributed by atoms with van der Waals surface area (Å²) in [4.78, 5) is 18.3. The third-order valence-corrected chi connectivity index (χ3v) is 13.6. The van der Waals surface area contributed by atoms with Crippen LogP contribution in [-0.2, 0) is 9.53 Å². The lowest BCUT2D eigenvalue weighted by molar-refractivity contribution is -0.167. The summed E-state index contributed by atoms with van der Waals surface area (Å²) >= 11 is 0. The van der Waals surface area contributed by atoms with Gasteiger partial charge in [0.25, 0.3) is 0 Å². The number of carbonyl (C=O) groups is 1. The summed E-state index contributed by atoms with van der Waals surface area (Å²) in [6.45, 7) is 11.9. The second-order valence-corrected chi connectivity index (χ2v) is 20.1. The number of esters is 1. The van der Waals surface area contributed by atoms with Crippen LogP contribution in [0.4, 0.5) is 0 Å². The van der Waals surface area contributed by atoms with Gasteiger partial charge in [0.2, 0.25) is 0 Å². The molecule has 0 aromatic heterocycles. The molecule has 0 amide bonds. The van der Waals surface area contributed by atoms with E-state index in [1.165, 1.54) is 0 Å². The number of nitrogens with zero attached hydrogens (tertiary/aromatic N) is 1. The Morgan fingerprint density at radius 2 is 1.29 bits per heavy atom. The van der Waals surface area contributed by atoms with Gasteiger partial charge in [-0.05, 0) is 147 Å². The van der Waals surface area contributed by atoms with Crippen molar-refractivity contribution in [2.24, 2.45) is 40.1 Å². The first kappa shape index (κ1) is 61.8. The molecule has 15 atom stereocenters. The van der Waals surface area contributed by atoms with Gasteiger partial charge in [-0.25, -0.2) is 0 Å². The summed E-state index contributed by atoms with van der Waals surface area (Å²) in [7, 11) is 0. The fourth-order valence-corrected chi connectivity index (χ4v) is 9.25. The van der Waals surface area contributed by atoms with Crippen molar-refractivity contribution in [1.82, 2.24) is 0 Å². The molecule has 15 nitrogen and oxygen atoms in total. The standard InChI is InChI=1S/C51H97N3O12/c1-7-8-9-20-45-48(64)35(4)24-25-39(56)18-12-17-38(55)19-13-21-46(62)34(3)23-26-41(58)30-43(60)32-44(61)31-42(59)29-40(57)16-11-10-15-33(2)28-36(5)49(66-50(45)65)37(6)47(63)22-14-27-54-51(52)53/h23,28,35-49,55-64H,7-22,24-27,29-32H2,1-6H3,(H4,52,53,54)/t35-,36+,37-,38-,39+,40+,41+,42+,43-,44+,45+,46+,47-,48+,49-/m1/s1. The molecule has 0 spiro atoms. The van der Waals surface area contributed by atoms with Crippen LogP contribution >= 0.6 is 0 Å². The zero-order valence-electron chi connectivity index (χ0n) is 41.7. The Bertz CT molecular complexity index is 1360. The molecule has 0 unspecified atom stereocenters. The van der Waals surface area contributed by atoms with Gasteiger partial charge in [0.15, 0.2) is 5.96 Å². The molecule has 0 bridgehead atoms. The van der Waals surface area contributed by atoms with E-state index in [0.29, 0.717) is 102 Å². The van der Waals surface area contributed by atoms with Gasteiger partial charge in [-0.3, -0.25) is 9.79 Å². The van der Waals surface area contributed by atoms with Gasteiger partial charge in [-0.2, -0.15) is 0 Å². The van der Waals surface area contributed by atoms with Crippen LogP contribution in [0.5, 0.6) is 0 Å². The van der Waals surface area contributed by atoms with Crippen molar-refractivity contribution in [3.8, 4) is 0 Å². The number of hydrogen-bond acceptors (Lipinski definition) is 13. The van der Waals surface area contributed by atoms with Crippen LogP contribution in [0.1, 0.15) is 189 Å². The Kier molecular flexibility index (Phi) is 32.8. The van der Waals surface area contributed by atoms with E-state index >= 15 is 0 Å². The van der Waals surface area contributed by atoms with Gasteiger partial charge >= 0.3 is 5.97 Å². The summed E-state index contributed by atoms with van der Waals surface area (Å²) in [5.74, 6) is -2.42. The number of carbonyl (C=O) groups excluding carboxylic acids is 1. The van der Waals surface area contributed by atoms with Crippen LogP contribution in [0.2, 0.25) is 0 Å². The first-order valence-electron chi connectivity index (χ1n) is 25.5. The van der Waals surface area contributed by atoms with Crippen LogP contribution in [-0.4, -0.2) is 137 Å². The fourth-order valence-electron chi connectivity index (χ4n) is 9.25. The van der Waals surface area contributed by atoms with E-state index < -0.39 is 84.9 Å². The predicted molar refractivity (Wildman–Crippen MR) is 261 cm³/mol. The molecule has 0 saturated carbocycles. The second kappa shape index (κ2) is 35.0. The number of allylic oxidation sites excluding steroid dienone is 1. The van der Waals surface area contributed by atoms with Gasteiger partial charge in [0.05, 0.1) is 67.0 Å². The summed E-state index contributed by atoms with van der Waals surface area (Å²) in [6.07, 6.45) is 5.18. The lowest BCUT2D eigenvalue weighted by atomic mass is 9.83. The van der Waals surface area contributed by atoms with Crippen molar-refractivity contribution in [3.05, 3.63) is 23.3 Å². The zero-order chi connectivity index (χ0) is 49.8. The number of guanidine groups is 1. The highest BCUT2D eigenvalue weighted by molar-refractivity contribution is 5.75. The van der Waals surface area contributed by atoms with Crippen LogP contribution < -0.4 is 11.5 Å². The number of aliphatic imine (C=N–C) groups is 1. The molecule has 0 saturated heterocycles. The minimum absolute atomic E-state index is 0.0122. The first-order chi connectivity index (χ1) is 31.1. The summed E-state index contributed by atoms with van der Waals surface area (Å²) in [5, 5.41) is 108. The molecule has 1 heterocycles. The molecule has 388 valence electrons. The number of ether oxygens (including phenoxy) is 1. The molecule has 0 fully saturated rings. The molecule has 0 aliphatic carbocycles. The summed E-state index contributed by atoms with van der Waals surface area (Å²) in [6, 6.07) is 0. The van der Waals surface area contributed by atoms with Gasteiger partial charge in [-0.15, -0.1) is 0 Å². The Balaban J connectivity index is 3.28. The number of unbranched alkanes of at least 4 members (excludes halogenated alkanes) is 2. The minimum Gasteiger partial charge on any atom is -0.461 e. The smallest absolute Gasteiger partial charge is 0.311 e. The second-order valence-electron chi connectivity index (χ2n) is 20.1. The predicted octanol–water partition coefficient (Wildman–Crippen LogP) is 5.20. The number of aliphatic hydroxyl groups is 10. The highest BCUT2D eigenvalue weighted by Crippen LogP contribution is 2.31. The summed E-state index contributed by atoms with van der Waals surface area (Å²) in [5.41, 5.74) is 12.7. The molecule has 1 aliphatic heterocycles. The third kappa shape index (κ3) is 27.7. The van der Waals surface area contributed by atoms with Crippen molar-refractivity contribution >= 4 is 11.9 Å². The van der Waals surface area contributed by atoms with Crippen molar-refractivity contribution < 1.29 is 60.6 Å². The van der Waals surface area contributed by atoms with Crippen LogP contribution in [0.3, 0.4) is 0 Å². The van der Waals surface area contributed by atoms with E-state index in [9.17, 15) is 55.9 Å². The lowest BCUT2D eigenvalue weighted by Crippen LogP contribution is -2.42. The van der Waals surface area contributed by atoms with E-state index in [1.54, 1.807) is 13.0 Å². The van der Waals surface area contributed by atoms with E-state index in [0.717, 1.165) is 31.3 Å². The highest BCUT2D eigenvalue weighted by Gasteiger charge is 2.37. The monoisotopic (exact) mass is 944 g/mol. The van der Waals surface area contributed by atoms with E-state index in [4.69, 9.17) is 16.2 Å². The van der Waals surface area contributed by atoms with Crippen molar-refractivity contribution in [2.75, 3.05) is 6.54 Å². The van der Waals surface area contributed by atoms with Crippen LogP contribution in [0, 0.1) is 23.7 Å². The van der Waals surface area contributed by atoms with Gasteiger partial charge in [0, 0.05) is 18.4 Å².